The maximum absolute atomic E-state index is 12.4. The second kappa shape index (κ2) is 15.1. The standard InChI is InChI=1S/C31H41N3O8S/c1-6-43(37,38)33-28-11-10-27(41-26-13-15-34(16-14-26)30(36)42-31(2,3)4)19-24(28)18-25(35)9-8-23-17-22(20-32)7-12-29(23)40-21-39-5/h7-12,17,19,25-26,33,35H,6,13-16,18,21H2,1-5H3/b9-8+. The van der Waals surface area contributed by atoms with E-state index in [1.807, 2.05) is 20.8 Å². The molecule has 1 atom stereocenters. The molecular formula is C31H41N3O8S. The van der Waals surface area contributed by atoms with E-state index in [1.165, 1.54) is 7.11 Å². The SMILES string of the molecule is CCS(=O)(=O)Nc1ccc(OC2CCN(C(=O)OC(C)(C)C)CC2)cc1CC(O)/C=C/c1cc(C#N)ccc1OCOC. The Morgan fingerprint density at radius 1 is 1.21 bits per heavy atom. The third-order valence-corrected chi connectivity index (χ3v) is 7.81. The molecule has 1 aliphatic rings. The molecule has 0 spiro atoms. The Balaban J connectivity index is 1.76. The van der Waals surface area contributed by atoms with Crippen molar-refractivity contribution in [2.24, 2.45) is 0 Å². The van der Waals surface area contributed by atoms with Gasteiger partial charge < -0.3 is 29.0 Å². The number of aliphatic hydroxyl groups is 1. The van der Waals surface area contributed by atoms with Crippen LogP contribution in [-0.4, -0.2) is 75.1 Å². The largest absolute Gasteiger partial charge is 0.490 e. The molecule has 1 heterocycles. The summed E-state index contributed by atoms with van der Waals surface area (Å²) in [7, 11) is -2.08. The number of carbonyl (C=O) groups excluding carboxylic acids is 1. The number of ether oxygens (including phenoxy) is 4. The second-order valence-electron chi connectivity index (χ2n) is 11.2. The number of amides is 1. The van der Waals surface area contributed by atoms with Crippen LogP contribution >= 0.6 is 0 Å². The van der Waals surface area contributed by atoms with Crippen molar-refractivity contribution in [2.75, 3.05) is 37.5 Å². The summed E-state index contributed by atoms with van der Waals surface area (Å²) in [5, 5.41) is 20.2. The van der Waals surface area contributed by atoms with E-state index < -0.39 is 21.7 Å². The molecule has 1 fully saturated rings. The molecule has 2 aromatic rings. The van der Waals surface area contributed by atoms with Crippen LogP contribution in [0.25, 0.3) is 6.08 Å². The number of piperidine rings is 1. The van der Waals surface area contributed by atoms with Gasteiger partial charge in [0.2, 0.25) is 10.0 Å². The summed E-state index contributed by atoms with van der Waals surface area (Å²) in [5.41, 5.74) is 1.33. The van der Waals surface area contributed by atoms with Crippen molar-refractivity contribution in [2.45, 2.75) is 64.8 Å². The number of anilines is 1. The van der Waals surface area contributed by atoms with Crippen LogP contribution in [0.4, 0.5) is 10.5 Å². The molecule has 43 heavy (non-hydrogen) atoms. The summed E-state index contributed by atoms with van der Waals surface area (Å²) < 4.78 is 49.5. The summed E-state index contributed by atoms with van der Waals surface area (Å²) in [4.78, 5) is 14.1. The van der Waals surface area contributed by atoms with Gasteiger partial charge in [-0.05, 0) is 69.7 Å². The Kier molecular flexibility index (Phi) is 11.8. The van der Waals surface area contributed by atoms with Crippen LogP contribution in [0.2, 0.25) is 0 Å². The van der Waals surface area contributed by atoms with Crippen molar-refractivity contribution < 1.29 is 37.3 Å². The number of hydrogen-bond acceptors (Lipinski definition) is 9. The molecule has 0 bridgehead atoms. The summed E-state index contributed by atoms with van der Waals surface area (Å²) >= 11 is 0. The van der Waals surface area contributed by atoms with Crippen LogP contribution in [0, 0.1) is 11.3 Å². The first kappa shape index (κ1) is 33.7. The number of nitriles is 1. The average molecular weight is 616 g/mol. The third kappa shape index (κ3) is 10.8. The number of benzene rings is 2. The lowest BCUT2D eigenvalue weighted by atomic mass is 10.0. The minimum absolute atomic E-state index is 0.0169. The number of carbonyl (C=O) groups is 1. The number of sulfonamides is 1. The van der Waals surface area contributed by atoms with E-state index in [0.29, 0.717) is 59.8 Å². The summed E-state index contributed by atoms with van der Waals surface area (Å²) in [6.07, 6.45) is 3.00. The lowest BCUT2D eigenvalue weighted by molar-refractivity contribution is 0.0126. The van der Waals surface area contributed by atoms with Crippen molar-refractivity contribution >= 4 is 27.9 Å². The van der Waals surface area contributed by atoms with E-state index >= 15 is 0 Å². The van der Waals surface area contributed by atoms with Gasteiger partial charge >= 0.3 is 6.09 Å². The smallest absolute Gasteiger partial charge is 0.410 e. The highest BCUT2D eigenvalue weighted by atomic mass is 32.2. The van der Waals surface area contributed by atoms with Crippen molar-refractivity contribution in [3.8, 4) is 17.6 Å². The number of nitrogens with one attached hydrogen (secondary N) is 1. The number of aliphatic hydroxyl groups excluding tert-OH is 1. The lowest BCUT2D eigenvalue weighted by Gasteiger charge is -2.33. The highest BCUT2D eigenvalue weighted by Crippen LogP contribution is 2.28. The van der Waals surface area contributed by atoms with Gasteiger partial charge in [0.1, 0.15) is 23.2 Å². The maximum Gasteiger partial charge on any atom is 0.410 e. The quantitative estimate of drug-likeness (QED) is 0.324. The molecule has 1 amide bonds. The first-order chi connectivity index (χ1) is 20.3. The van der Waals surface area contributed by atoms with Crippen LogP contribution in [0.3, 0.4) is 0 Å². The summed E-state index contributed by atoms with van der Waals surface area (Å²) in [6, 6.07) is 12.0. The number of hydrogen-bond donors (Lipinski definition) is 2. The zero-order valence-electron chi connectivity index (χ0n) is 25.3. The van der Waals surface area contributed by atoms with Gasteiger partial charge in [-0.25, -0.2) is 13.2 Å². The fraction of sp³-hybridized carbons (Fsp3) is 0.484. The number of likely N-dealkylation sites (tertiary alicyclic amines) is 1. The average Bonchev–Trinajstić information content (AvgIpc) is 2.96. The molecule has 1 aliphatic heterocycles. The Hall–Kier alpha value is -3.79. The zero-order valence-corrected chi connectivity index (χ0v) is 26.1. The van der Waals surface area contributed by atoms with E-state index in [1.54, 1.807) is 60.4 Å². The van der Waals surface area contributed by atoms with Crippen molar-refractivity contribution in [1.29, 1.82) is 5.26 Å². The van der Waals surface area contributed by atoms with E-state index in [2.05, 4.69) is 10.8 Å². The van der Waals surface area contributed by atoms with E-state index in [0.717, 1.165) is 0 Å². The first-order valence-electron chi connectivity index (χ1n) is 14.1. The molecular weight excluding hydrogens is 574 g/mol. The number of nitrogens with zero attached hydrogens (tertiary/aromatic N) is 2. The van der Waals surface area contributed by atoms with Crippen molar-refractivity contribution in [3.05, 3.63) is 59.2 Å². The van der Waals surface area contributed by atoms with Gasteiger partial charge in [0.05, 0.1) is 29.2 Å². The molecule has 3 rings (SSSR count). The fourth-order valence-corrected chi connectivity index (χ4v) is 5.02. The number of rotatable bonds is 12. The predicted molar refractivity (Wildman–Crippen MR) is 163 cm³/mol. The Morgan fingerprint density at radius 3 is 2.56 bits per heavy atom. The highest BCUT2D eigenvalue weighted by molar-refractivity contribution is 7.92. The predicted octanol–water partition coefficient (Wildman–Crippen LogP) is 4.70. The Bertz CT molecular complexity index is 1420. The van der Waals surface area contributed by atoms with Gasteiger partial charge in [-0.15, -0.1) is 0 Å². The Morgan fingerprint density at radius 2 is 1.93 bits per heavy atom. The molecule has 0 aromatic heterocycles. The monoisotopic (exact) mass is 615 g/mol. The molecule has 2 N–H and O–H groups in total. The molecule has 234 valence electrons. The topological polar surface area (TPSA) is 147 Å². The number of methoxy groups -OCH3 is 1. The molecule has 2 aromatic carbocycles. The van der Waals surface area contributed by atoms with Gasteiger partial charge in [-0.3, -0.25) is 4.72 Å². The molecule has 0 aliphatic carbocycles. The lowest BCUT2D eigenvalue weighted by Crippen LogP contribution is -2.44. The summed E-state index contributed by atoms with van der Waals surface area (Å²) in [5.74, 6) is 0.898. The van der Waals surface area contributed by atoms with Gasteiger partial charge in [-0.2, -0.15) is 5.26 Å². The van der Waals surface area contributed by atoms with E-state index in [-0.39, 0.29) is 31.2 Å². The normalized spacial score (nSPS) is 15.1. The van der Waals surface area contributed by atoms with Gasteiger partial charge in [0.15, 0.2) is 6.79 Å². The molecule has 0 radical (unpaired) electrons. The Labute approximate surface area is 254 Å². The van der Waals surface area contributed by atoms with Crippen LogP contribution in [0.1, 0.15) is 57.2 Å². The second-order valence-corrected chi connectivity index (χ2v) is 13.2. The van der Waals surface area contributed by atoms with Gasteiger partial charge in [0, 0.05) is 45.0 Å². The van der Waals surface area contributed by atoms with Crippen LogP contribution in [0.5, 0.6) is 11.5 Å². The maximum atomic E-state index is 12.4. The van der Waals surface area contributed by atoms with Crippen LogP contribution in [0.15, 0.2) is 42.5 Å². The fourth-order valence-electron chi connectivity index (χ4n) is 4.34. The van der Waals surface area contributed by atoms with E-state index in [4.69, 9.17) is 18.9 Å². The van der Waals surface area contributed by atoms with Gasteiger partial charge in [-0.1, -0.05) is 12.2 Å². The zero-order chi connectivity index (χ0) is 31.6. The first-order valence-corrected chi connectivity index (χ1v) is 15.8. The van der Waals surface area contributed by atoms with E-state index in [9.17, 15) is 23.6 Å². The molecule has 0 saturated carbocycles. The summed E-state index contributed by atoms with van der Waals surface area (Å²) in [6.45, 7) is 8.03. The van der Waals surface area contributed by atoms with Crippen LogP contribution < -0.4 is 14.2 Å². The third-order valence-electron chi connectivity index (χ3n) is 6.52. The molecule has 12 heteroatoms. The molecule has 1 saturated heterocycles. The minimum Gasteiger partial charge on any atom is -0.490 e. The highest BCUT2D eigenvalue weighted by Gasteiger charge is 2.28. The van der Waals surface area contributed by atoms with Crippen molar-refractivity contribution in [3.63, 3.8) is 0 Å². The molecule has 11 nitrogen and oxygen atoms in total. The van der Waals surface area contributed by atoms with Gasteiger partial charge in [0.25, 0.3) is 0 Å². The minimum atomic E-state index is -3.57. The molecule has 1 unspecified atom stereocenters. The van der Waals surface area contributed by atoms with Crippen molar-refractivity contribution in [1.82, 2.24) is 4.90 Å². The van der Waals surface area contributed by atoms with Crippen LogP contribution in [-0.2, 0) is 25.9 Å².